The molecule has 1 aliphatic rings. The molecule has 1 rings (SSSR count). The molecule has 1 aliphatic carbocycles. The van der Waals surface area contributed by atoms with Crippen molar-refractivity contribution in [3.05, 3.63) is 0 Å². The van der Waals surface area contributed by atoms with Gasteiger partial charge in [0, 0.05) is 19.2 Å². The van der Waals surface area contributed by atoms with E-state index in [0.29, 0.717) is 18.2 Å². The van der Waals surface area contributed by atoms with Gasteiger partial charge in [0.05, 0.1) is 6.10 Å². The van der Waals surface area contributed by atoms with Gasteiger partial charge in [-0.15, -0.1) is 0 Å². The van der Waals surface area contributed by atoms with Gasteiger partial charge in [0.2, 0.25) is 0 Å². The van der Waals surface area contributed by atoms with Gasteiger partial charge in [0.1, 0.15) is 0 Å². The summed E-state index contributed by atoms with van der Waals surface area (Å²) in [5.41, 5.74) is 0. The summed E-state index contributed by atoms with van der Waals surface area (Å²) in [6, 6.07) is 1.21. The smallest absolute Gasteiger partial charge is 0.0724 e. The van der Waals surface area contributed by atoms with Crippen molar-refractivity contribution in [2.45, 2.75) is 64.1 Å². The molecule has 0 bridgehead atoms. The minimum Gasteiger partial charge on any atom is -0.380 e. The van der Waals surface area contributed by atoms with Gasteiger partial charge in [-0.25, -0.2) is 0 Å². The van der Waals surface area contributed by atoms with Crippen LogP contribution in [0.1, 0.15) is 46.0 Å². The number of nitrogens with one attached hydrogen (secondary N) is 1. The third-order valence-corrected chi connectivity index (χ3v) is 4.34. The van der Waals surface area contributed by atoms with E-state index < -0.39 is 0 Å². The van der Waals surface area contributed by atoms with Crippen molar-refractivity contribution in [3.63, 3.8) is 0 Å². The van der Waals surface area contributed by atoms with E-state index in [1.807, 2.05) is 18.9 Å². The second-order valence-corrected chi connectivity index (χ2v) is 6.11. The second-order valence-electron chi connectivity index (χ2n) is 4.72. The Balaban J connectivity index is 2.22. The Morgan fingerprint density at radius 2 is 2.12 bits per heavy atom. The van der Waals surface area contributed by atoms with Crippen LogP contribution in [0.2, 0.25) is 0 Å². The highest BCUT2D eigenvalue weighted by Gasteiger charge is 2.25. The standard InChI is InChI=1S/C13H27NOS/c1-4-16-10-9-11(2)14-12-7-5-6-8-13(12)15-3/h11-14H,4-10H2,1-3H3. The lowest BCUT2D eigenvalue weighted by Crippen LogP contribution is -2.47. The summed E-state index contributed by atoms with van der Waals surface area (Å²) < 4.78 is 5.56. The summed E-state index contributed by atoms with van der Waals surface area (Å²) in [7, 11) is 1.85. The van der Waals surface area contributed by atoms with Gasteiger partial charge in [-0.05, 0) is 37.7 Å². The van der Waals surface area contributed by atoms with Crippen molar-refractivity contribution >= 4 is 11.8 Å². The van der Waals surface area contributed by atoms with E-state index in [0.717, 1.165) is 0 Å². The summed E-state index contributed by atoms with van der Waals surface area (Å²) >= 11 is 2.03. The molecule has 1 fully saturated rings. The fourth-order valence-corrected chi connectivity index (χ4v) is 3.23. The molecule has 0 spiro atoms. The van der Waals surface area contributed by atoms with E-state index in [1.54, 1.807) is 0 Å². The highest BCUT2D eigenvalue weighted by molar-refractivity contribution is 7.99. The van der Waals surface area contributed by atoms with Crippen LogP contribution in [0.3, 0.4) is 0 Å². The van der Waals surface area contributed by atoms with Crippen molar-refractivity contribution < 1.29 is 4.74 Å². The fraction of sp³-hybridized carbons (Fsp3) is 1.00. The van der Waals surface area contributed by atoms with Crippen molar-refractivity contribution in [2.75, 3.05) is 18.6 Å². The first-order chi connectivity index (χ1) is 7.77. The van der Waals surface area contributed by atoms with Crippen LogP contribution in [0.15, 0.2) is 0 Å². The molecule has 3 heteroatoms. The summed E-state index contributed by atoms with van der Waals surface area (Å²) in [5, 5.41) is 3.74. The maximum absolute atomic E-state index is 5.56. The number of methoxy groups -OCH3 is 1. The van der Waals surface area contributed by atoms with Crippen molar-refractivity contribution in [2.24, 2.45) is 0 Å². The van der Waals surface area contributed by atoms with Crippen LogP contribution in [-0.2, 0) is 4.74 Å². The summed E-state index contributed by atoms with van der Waals surface area (Å²) in [6.07, 6.45) is 6.90. The van der Waals surface area contributed by atoms with Crippen LogP contribution in [0, 0.1) is 0 Å². The average molecular weight is 245 g/mol. The molecule has 1 N–H and O–H groups in total. The van der Waals surface area contributed by atoms with Gasteiger partial charge in [0.15, 0.2) is 0 Å². The number of ether oxygens (including phenoxy) is 1. The number of hydrogen-bond acceptors (Lipinski definition) is 3. The zero-order valence-corrected chi connectivity index (χ0v) is 11.8. The predicted molar refractivity (Wildman–Crippen MR) is 73.3 cm³/mol. The third-order valence-electron chi connectivity index (χ3n) is 3.40. The lowest BCUT2D eigenvalue weighted by Gasteiger charge is -2.33. The molecular formula is C13H27NOS. The SMILES string of the molecule is CCSCCC(C)NC1CCCCC1OC. The minimum atomic E-state index is 0.440. The molecule has 0 heterocycles. The maximum atomic E-state index is 5.56. The van der Waals surface area contributed by atoms with E-state index in [-0.39, 0.29) is 0 Å². The highest BCUT2D eigenvalue weighted by atomic mass is 32.2. The summed E-state index contributed by atoms with van der Waals surface area (Å²) in [6.45, 7) is 4.53. The van der Waals surface area contributed by atoms with E-state index in [2.05, 4.69) is 19.2 Å². The molecule has 96 valence electrons. The zero-order chi connectivity index (χ0) is 11.8. The molecule has 3 unspecified atom stereocenters. The summed E-state index contributed by atoms with van der Waals surface area (Å²) in [4.78, 5) is 0. The van der Waals surface area contributed by atoms with E-state index >= 15 is 0 Å². The van der Waals surface area contributed by atoms with Gasteiger partial charge < -0.3 is 10.1 Å². The topological polar surface area (TPSA) is 21.3 Å². The number of hydrogen-bond donors (Lipinski definition) is 1. The van der Waals surface area contributed by atoms with Gasteiger partial charge in [-0.2, -0.15) is 11.8 Å². The predicted octanol–water partition coefficient (Wildman–Crippen LogP) is 3.07. The quantitative estimate of drug-likeness (QED) is 0.697. The monoisotopic (exact) mass is 245 g/mol. The molecule has 1 saturated carbocycles. The minimum absolute atomic E-state index is 0.440. The van der Waals surface area contributed by atoms with Gasteiger partial charge >= 0.3 is 0 Å². The Labute approximate surface area is 105 Å². The average Bonchev–Trinajstić information content (AvgIpc) is 2.30. The third kappa shape index (κ3) is 5.07. The van der Waals surface area contributed by atoms with E-state index in [9.17, 15) is 0 Å². The zero-order valence-electron chi connectivity index (χ0n) is 11.0. The van der Waals surface area contributed by atoms with E-state index in [4.69, 9.17) is 4.74 Å². The number of rotatable bonds is 7. The van der Waals surface area contributed by atoms with Crippen molar-refractivity contribution in [3.8, 4) is 0 Å². The van der Waals surface area contributed by atoms with Gasteiger partial charge in [0.25, 0.3) is 0 Å². The lowest BCUT2D eigenvalue weighted by molar-refractivity contribution is 0.0383. The Morgan fingerprint density at radius 1 is 1.38 bits per heavy atom. The van der Waals surface area contributed by atoms with Crippen LogP contribution in [0.5, 0.6) is 0 Å². The molecule has 0 aromatic rings. The molecule has 2 nitrogen and oxygen atoms in total. The van der Waals surface area contributed by atoms with Crippen LogP contribution in [0.4, 0.5) is 0 Å². The molecule has 3 atom stereocenters. The Bertz CT molecular complexity index is 177. The molecule has 0 aromatic heterocycles. The fourth-order valence-electron chi connectivity index (χ4n) is 2.42. The largest absolute Gasteiger partial charge is 0.380 e. The summed E-state index contributed by atoms with van der Waals surface area (Å²) in [5.74, 6) is 2.51. The second kappa shape index (κ2) is 8.37. The van der Waals surface area contributed by atoms with Crippen LogP contribution in [-0.4, -0.2) is 36.8 Å². The van der Waals surface area contributed by atoms with Gasteiger partial charge in [-0.3, -0.25) is 0 Å². The first-order valence-electron chi connectivity index (χ1n) is 6.64. The lowest BCUT2D eigenvalue weighted by atomic mass is 9.92. The highest BCUT2D eigenvalue weighted by Crippen LogP contribution is 2.21. The van der Waals surface area contributed by atoms with Crippen LogP contribution in [0.25, 0.3) is 0 Å². The Morgan fingerprint density at radius 3 is 2.81 bits per heavy atom. The van der Waals surface area contributed by atoms with Gasteiger partial charge in [-0.1, -0.05) is 19.8 Å². The number of thioether (sulfide) groups is 1. The Hall–Kier alpha value is 0.270. The first kappa shape index (κ1) is 14.3. The Kier molecular flexibility index (Phi) is 7.50. The van der Waals surface area contributed by atoms with Crippen molar-refractivity contribution in [1.29, 1.82) is 0 Å². The molecule has 0 amide bonds. The first-order valence-corrected chi connectivity index (χ1v) is 7.80. The van der Waals surface area contributed by atoms with Crippen LogP contribution < -0.4 is 5.32 Å². The molecular weight excluding hydrogens is 218 g/mol. The van der Waals surface area contributed by atoms with Crippen molar-refractivity contribution in [1.82, 2.24) is 5.32 Å². The molecule has 0 aliphatic heterocycles. The van der Waals surface area contributed by atoms with E-state index in [1.165, 1.54) is 43.6 Å². The molecule has 0 aromatic carbocycles. The molecule has 16 heavy (non-hydrogen) atoms. The normalized spacial score (nSPS) is 27.9. The maximum Gasteiger partial charge on any atom is 0.0724 e. The van der Waals surface area contributed by atoms with Crippen LogP contribution >= 0.6 is 11.8 Å². The molecule has 0 radical (unpaired) electrons. The molecule has 0 saturated heterocycles.